The number of carbonyl (C=O) groups excluding carboxylic acids is 2. The van der Waals surface area contributed by atoms with Crippen LogP contribution in [0.5, 0.6) is 0 Å². The molecule has 0 bridgehead atoms. The van der Waals surface area contributed by atoms with E-state index in [4.69, 9.17) is 5.73 Å². The lowest BCUT2D eigenvalue weighted by Crippen LogP contribution is -2.23. The summed E-state index contributed by atoms with van der Waals surface area (Å²) in [5.74, 6) is -1.58. The number of carbonyl (C=O) groups is 2. The maximum atomic E-state index is 12.7. The van der Waals surface area contributed by atoms with E-state index in [0.29, 0.717) is 11.6 Å². The molecule has 0 spiro atoms. The first-order valence-corrected chi connectivity index (χ1v) is 8.37. The first-order valence-electron chi connectivity index (χ1n) is 6.89. The molecule has 0 aliphatic heterocycles. The fourth-order valence-electron chi connectivity index (χ4n) is 2.11. The Labute approximate surface area is 143 Å². The van der Waals surface area contributed by atoms with Gasteiger partial charge in [0, 0.05) is 0 Å². The minimum absolute atomic E-state index is 0.217. The number of aryl methyl sites for hydroxylation is 2. The summed E-state index contributed by atoms with van der Waals surface area (Å²) in [6.07, 6.45) is 0. The van der Waals surface area contributed by atoms with Gasteiger partial charge < -0.3 is 10.5 Å². The number of nitrogens with two attached hydrogens (primary N) is 1. The van der Waals surface area contributed by atoms with Gasteiger partial charge in [-0.1, -0.05) is 6.07 Å². The van der Waals surface area contributed by atoms with Crippen LogP contribution in [0.1, 0.15) is 32.4 Å². The van der Waals surface area contributed by atoms with Gasteiger partial charge in [0.1, 0.15) is 16.5 Å². The highest BCUT2D eigenvalue weighted by molar-refractivity contribution is 7.92. The third-order valence-corrected chi connectivity index (χ3v) is 4.43. The summed E-state index contributed by atoms with van der Waals surface area (Å²) in [5.41, 5.74) is 4.47. The number of anilines is 1. The Morgan fingerprint density at radius 3 is 2.24 bits per heavy atom. The molecule has 0 saturated carbocycles. The molecule has 0 atom stereocenters. The minimum atomic E-state index is -4.30. The highest BCUT2D eigenvalue weighted by Crippen LogP contribution is 2.22. The van der Waals surface area contributed by atoms with Crippen LogP contribution in [0.2, 0.25) is 0 Å². The average Bonchev–Trinajstić information content (AvgIpc) is 2.51. The Kier molecular flexibility index (Phi) is 4.97. The predicted octanol–water partition coefficient (Wildman–Crippen LogP) is 0.175. The van der Waals surface area contributed by atoms with Crippen LogP contribution in [-0.4, -0.2) is 42.4 Å². The van der Waals surface area contributed by atoms with Crippen LogP contribution in [-0.2, 0) is 14.8 Å². The number of esters is 1. The second-order valence-electron chi connectivity index (χ2n) is 4.89. The summed E-state index contributed by atoms with van der Waals surface area (Å²) in [7, 11) is -3.24. The van der Waals surface area contributed by atoms with E-state index >= 15 is 0 Å². The van der Waals surface area contributed by atoms with Gasteiger partial charge in [0.2, 0.25) is 11.9 Å². The number of hydrogen-bond acceptors (Lipinski definition) is 8. The van der Waals surface area contributed by atoms with Gasteiger partial charge in [-0.25, -0.2) is 22.9 Å². The molecule has 0 saturated heterocycles. The Morgan fingerprint density at radius 2 is 1.72 bits per heavy atom. The van der Waals surface area contributed by atoms with Crippen molar-refractivity contribution >= 4 is 27.8 Å². The first kappa shape index (κ1) is 18.3. The van der Waals surface area contributed by atoms with Gasteiger partial charge in [0.05, 0.1) is 18.2 Å². The number of nitrogens with one attached hydrogen (secondary N) is 1. The lowest BCUT2D eigenvalue weighted by molar-refractivity contribution is 0.0592. The fraction of sp³-hybridized carbons (Fsp3) is 0.214. The maximum Gasteiger partial charge on any atom is 0.340 e. The number of amides is 1. The fourth-order valence-corrected chi connectivity index (χ4v) is 3.27. The van der Waals surface area contributed by atoms with E-state index in [-0.39, 0.29) is 11.5 Å². The van der Waals surface area contributed by atoms with E-state index in [9.17, 15) is 18.0 Å². The number of benzene rings is 1. The Hall–Kier alpha value is -3.08. The van der Waals surface area contributed by atoms with E-state index in [1.54, 1.807) is 13.8 Å². The van der Waals surface area contributed by atoms with Crippen LogP contribution in [0.4, 0.5) is 5.95 Å². The molecular weight excluding hydrogens is 350 g/mol. The zero-order valence-electron chi connectivity index (χ0n) is 13.6. The lowest BCUT2D eigenvalue weighted by atomic mass is 10.1. The van der Waals surface area contributed by atoms with Crippen LogP contribution >= 0.6 is 0 Å². The van der Waals surface area contributed by atoms with Crippen LogP contribution in [0.25, 0.3) is 0 Å². The summed E-state index contributed by atoms with van der Waals surface area (Å²) in [4.78, 5) is 34.8. The van der Waals surface area contributed by atoms with E-state index in [0.717, 1.165) is 13.2 Å². The zero-order chi connectivity index (χ0) is 18.8. The molecule has 3 N–H and O–H groups in total. The summed E-state index contributed by atoms with van der Waals surface area (Å²) < 4.78 is 32.1. The Balaban J connectivity index is 2.61. The normalized spacial score (nSPS) is 11.0. The van der Waals surface area contributed by atoms with Crippen molar-refractivity contribution in [3.05, 3.63) is 41.0 Å². The van der Waals surface area contributed by atoms with E-state index in [1.807, 2.05) is 0 Å². The monoisotopic (exact) mass is 365 g/mol. The number of methoxy groups -OCH3 is 1. The smallest absolute Gasteiger partial charge is 0.340 e. The number of ether oxygens (including phenoxy) is 1. The topological polar surface area (TPSA) is 154 Å². The van der Waals surface area contributed by atoms with Crippen molar-refractivity contribution in [3.8, 4) is 0 Å². The van der Waals surface area contributed by atoms with Crippen LogP contribution < -0.4 is 10.5 Å². The van der Waals surface area contributed by atoms with Crippen LogP contribution in [0.3, 0.4) is 0 Å². The number of nitrogens with zero attached hydrogens (tertiary/aromatic N) is 3. The van der Waals surface area contributed by atoms with Crippen molar-refractivity contribution in [2.45, 2.75) is 18.7 Å². The SMILES string of the molecule is COC(=O)c1c(C(N)=O)cccc1S(=O)(=O)Nc1nc(C)nc(C)n1. The molecule has 2 aromatic rings. The molecule has 1 amide bonds. The number of rotatable bonds is 5. The molecule has 132 valence electrons. The zero-order valence-corrected chi connectivity index (χ0v) is 14.4. The van der Waals surface area contributed by atoms with Gasteiger partial charge in [-0.15, -0.1) is 0 Å². The standard InChI is InChI=1S/C14H15N5O5S/c1-7-16-8(2)18-14(17-7)19-25(22,23)10-6-4-5-9(12(15)20)11(10)13(21)24-3/h4-6H,1-3H3,(H2,15,20)(H,16,17,18,19). The minimum Gasteiger partial charge on any atom is -0.465 e. The van der Waals surface area contributed by atoms with Crippen molar-refractivity contribution in [2.24, 2.45) is 5.73 Å². The molecule has 0 aliphatic rings. The van der Waals surface area contributed by atoms with Crippen molar-refractivity contribution in [1.29, 1.82) is 0 Å². The molecule has 1 heterocycles. The first-order chi connectivity index (χ1) is 11.7. The predicted molar refractivity (Wildman–Crippen MR) is 86.4 cm³/mol. The summed E-state index contributed by atoms with van der Waals surface area (Å²) in [5, 5.41) is 0. The quantitative estimate of drug-likeness (QED) is 0.711. The van der Waals surface area contributed by atoms with Gasteiger partial charge in [-0.05, 0) is 26.0 Å². The Morgan fingerprint density at radius 1 is 1.12 bits per heavy atom. The van der Waals surface area contributed by atoms with E-state index in [2.05, 4.69) is 24.4 Å². The number of hydrogen-bond donors (Lipinski definition) is 2. The molecule has 10 nitrogen and oxygen atoms in total. The molecule has 0 radical (unpaired) electrons. The highest BCUT2D eigenvalue weighted by atomic mass is 32.2. The molecular formula is C14H15N5O5S. The van der Waals surface area contributed by atoms with Crippen LogP contribution in [0, 0.1) is 13.8 Å². The summed E-state index contributed by atoms with van der Waals surface area (Å²) in [6, 6.07) is 3.65. The molecule has 0 unspecified atom stereocenters. The average molecular weight is 365 g/mol. The highest BCUT2D eigenvalue weighted by Gasteiger charge is 2.28. The molecule has 25 heavy (non-hydrogen) atoms. The second kappa shape index (κ2) is 6.81. The van der Waals surface area contributed by atoms with Crippen molar-refractivity contribution in [1.82, 2.24) is 15.0 Å². The third kappa shape index (κ3) is 3.88. The summed E-state index contributed by atoms with van der Waals surface area (Å²) in [6.45, 7) is 3.14. The molecule has 2 rings (SSSR count). The lowest BCUT2D eigenvalue weighted by Gasteiger charge is -2.13. The second-order valence-corrected chi connectivity index (χ2v) is 6.54. The van der Waals surface area contributed by atoms with Gasteiger partial charge in [0.25, 0.3) is 10.0 Å². The number of aromatic nitrogens is 3. The van der Waals surface area contributed by atoms with Crippen LogP contribution in [0.15, 0.2) is 23.1 Å². The number of primary amides is 1. The van der Waals surface area contributed by atoms with Crippen molar-refractivity contribution < 1.29 is 22.7 Å². The van der Waals surface area contributed by atoms with Gasteiger partial charge in [0.15, 0.2) is 0 Å². The van der Waals surface area contributed by atoms with Gasteiger partial charge >= 0.3 is 5.97 Å². The number of sulfonamides is 1. The molecule has 1 aromatic heterocycles. The maximum absolute atomic E-state index is 12.7. The van der Waals surface area contributed by atoms with Crippen molar-refractivity contribution in [3.63, 3.8) is 0 Å². The van der Waals surface area contributed by atoms with Gasteiger partial charge in [-0.2, -0.15) is 9.97 Å². The molecule has 1 aromatic carbocycles. The van der Waals surface area contributed by atoms with E-state index in [1.165, 1.54) is 12.1 Å². The Bertz CT molecular complexity index is 938. The van der Waals surface area contributed by atoms with Crippen molar-refractivity contribution in [2.75, 3.05) is 11.8 Å². The van der Waals surface area contributed by atoms with Gasteiger partial charge in [-0.3, -0.25) is 4.79 Å². The molecule has 11 heteroatoms. The summed E-state index contributed by atoms with van der Waals surface area (Å²) >= 11 is 0. The molecule has 0 aliphatic carbocycles. The largest absolute Gasteiger partial charge is 0.465 e. The molecule has 0 fully saturated rings. The third-order valence-electron chi connectivity index (χ3n) is 3.06. The van der Waals surface area contributed by atoms with E-state index < -0.39 is 32.4 Å².